The van der Waals surface area contributed by atoms with E-state index in [1.54, 1.807) is 0 Å². The molecule has 54 heavy (non-hydrogen) atoms. The molecular weight excluding hydrogens is 744 g/mol. The molecule has 2 radical (unpaired) electrons. The van der Waals surface area contributed by atoms with Crippen molar-refractivity contribution in [2.24, 2.45) is 0 Å². The summed E-state index contributed by atoms with van der Waals surface area (Å²) < 4.78 is 0. The topological polar surface area (TPSA) is 0 Å². The SMILES string of the molecule is CCc1cc(-c2cc3ccccc3[cH-]2)c2c(ccc3ccccc32)c1.CCc1cc(-c2cc3ccccc3[cH-]2)c2c(ccc3ccccc32)c1.[CH3-].[CH3-].[Si]=[Zr]. The van der Waals surface area contributed by atoms with Crippen LogP contribution in [-0.4, -0.2) is 6.88 Å². The van der Waals surface area contributed by atoms with Gasteiger partial charge in [0, 0.05) is 0 Å². The van der Waals surface area contributed by atoms with Crippen molar-refractivity contribution in [2.45, 2.75) is 26.7 Å². The van der Waals surface area contributed by atoms with Crippen LogP contribution >= 0.6 is 0 Å². The number of rotatable bonds is 4. The van der Waals surface area contributed by atoms with Gasteiger partial charge in [-0.05, 0) is 55.9 Å². The number of fused-ring (bicyclic) bond motifs is 8. The van der Waals surface area contributed by atoms with E-state index in [0.29, 0.717) is 0 Å². The Balaban J connectivity index is 0.000000170. The standard InChI is InChI=1S/2C25H19.2CH3.Si.Zr/c2*1-2-17-13-21-12-11-18-7-5-6-10-23(18)25(21)24(14-17)22-15-19-8-3-4-9-20(19)16-22;;;;/h2*3-16H,2H2,1H3;2*1H3;;/q4*-1;;. The Morgan fingerprint density at radius 3 is 1.15 bits per heavy atom. The third kappa shape index (κ3) is 7.31. The predicted molar refractivity (Wildman–Crippen MR) is 237 cm³/mol. The minimum absolute atomic E-state index is 0. The van der Waals surface area contributed by atoms with Crippen LogP contribution in [0.5, 0.6) is 0 Å². The number of hydrogen-bond donors (Lipinski definition) is 0. The molecule has 0 aliphatic rings. The van der Waals surface area contributed by atoms with Crippen LogP contribution in [0.25, 0.3) is 86.9 Å². The van der Waals surface area contributed by atoms with Gasteiger partial charge in [-0.2, -0.15) is 0 Å². The number of benzene rings is 8. The third-order valence-electron chi connectivity index (χ3n) is 10.5. The van der Waals surface area contributed by atoms with Gasteiger partial charge in [-0.15, -0.1) is 69.1 Å². The van der Waals surface area contributed by atoms with Gasteiger partial charge in [0.15, 0.2) is 0 Å². The molecule has 2 heteroatoms. The molecular formula is C52H44SiZr-4. The fourth-order valence-electron chi connectivity index (χ4n) is 7.89. The summed E-state index contributed by atoms with van der Waals surface area (Å²) >= 11 is 1.36. The van der Waals surface area contributed by atoms with Gasteiger partial charge in [-0.1, -0.05) is 170 Å². The van der Waals surface area contributed by atoms with E-state index in [0.717, 1.165) is 12.8 Å². The van der Waals surface area contributed by atoms with Crippen LogP contribution in [0.4, 0.5) is 0 Å². The molecule has 0 aliphatic carbocycles. The van der Waals surface area contributed by atoms with Gasteiger partial charge in [-0.25, -0.2) is 0 Å². The number of hydrogen-bond acceptors (Lipinski definition) is 0. The van der Waals surface area contributed by atoms with Gasteiger partial charge in [-0.3, -0.25) is 0 Å². The molecule has 0 N–H and O–H groups in total. The second-order valence-electron chi connectivity index (χ2n) is 13.5. The summed E-state index contributed by atoms with van der Waals surface area (Å²) in [6.07, 6.45) is 2.10. The van der Waals surface area contributed by atoms with Gasteiger partial charge in [0.25, 0.3) is 0 Å². The van der Waals surface area contributed by atoms with Crippen molar-refractivity contribution in [3.05, 3.63) is 196 Å². The fraction of sp³-hybridized carbons (Fsp3) is 0.0769. The minimum atomic E-state index is 0. The van der Waals surface area contributed by atoms with Crippen LogP contribution in [0.3, 0.4) is 0 Å². The van der Waals surface area contributed by atoms with Gasteiger partial charge in [0.1, 0.15) is 0 Å². The molecule has 0 nitrogen and oxygen atoms in total. The van der Waals surface area contributed by atoms with Crippen LogP contribution < -0.4 is 0 Å². The molecule has 10 aromatic rings. The van der Waals surface area contributed by atoms with E-state index in [1.807, 2.05) is 0 Å². The van der Waals surface area contributed by atoms with E-state index < -0.39 is 0 Å². The predicted octanol–water partition coefficient (Wildman–Crippen LogP) is 14.7. The van der Waals surface area contributed by atoms with E-state index >= 15 is 0 Å². The summed E-state index contributed by atoms with van der Waals surface area (Å²) in [4.78, 5) is 0. The molecule has 0 saturated heterocycles. The van der Waals surface area contributed by atoms with Crippen molar-refractivity contribution >= 4 is 71.5 Å². The molecule has 0 spiro atoms. The maximum atomic E-state index is 3.06. The normalized spacial score (nSPS) is 10.8. The maximum absolute atomic E-state index is 3.06. The van der Waals surface area contributed by atoms with E-state index in [4.69, 9.17) is 0 Å². The molecule has 0 amide bonds. The van der Waals surface area contributed by atoms with Crippen molar-refractivity contribution < 1.29 is 23.3 Å². The van der Waals surface area contributed by atoms with E-state index in [-0.39, 0.29) is 14.9 Å². The van der Waals surface area contributed by atoms with Gasteiger partial charge in [0.2, 0.25) is 0 Å². The molecule has 0 atom stereocenters. The molecule has 0 fully saturated rings. The van der Waals surface area contributed by atoms with Crippen molar-refractivity contribution in [1.82, 2.24) is 0 Å². The van der Waals surface area contributed by atoms with Crippen LogP contribution in [0.15, 0.2) is 170 Å². The zero-order valence-corrected chi connectivity index (χ0v) is 35.0. The average Bonchev–Trinajstić information content (AvgIpc) is 3.86. The molecule has 0 aromatic heterocycles. The first-order valence-corrected chi connectivity index (χ1v) is 22.3. The molecule has 0 unspecified atom stereocenters. The van der Waals surface area contributed by atoms with Crippen LogP contribution in [0.1, 0.15) is 25.0 Å². The summed E-state index contributed by atoms with van der Waals surface area (Å²) in [5, 5.41) is 15.9. The molecule has 10 aromatic carbocycles. The Morgan fingerprint density at radius 2 is 0.759 bits per heavy atom. The Labute approximate surface area is 337 Å². The van der Waals surface area contributed by atoms with Crippen molar-refractivity contribution in [2.75, 3.05) is 0 Å². The monoisotopic (exact) mass is 786 g/mol. The van der Waals surface area contributed by atoms with Crippen LogP contribution in [0, 0.1) is 14.9 Å². The second kappa shape index (κ2) is 17.1. The van der Waals surface area contributed by atoms with E-state index in [1.165, 1.54) is 121 Å². The Bertz CT molecular complexity index is 2610. The summed E-state index contributed by atoms with van der Waals surface area (Å²) in [7, 11) is 0. The number of aryl methyl sites for hydroxylation is 2. The average molecular weight is 788 g/mol. The Morgan fingerprint density at radius 1 is 0.407 bits per heavy atom. The fourth-order valence-corrected chi connectivity index (χ4v) is 7.89. The van der Waals surface area contributed by atoms with Gasteiger partial charge < -0.3 is 14.9 Å². The molecule has 0 bridgehead atoms. The molecule has 0 heterocycles. The third-order valence-corrected chi connectivity index (χ3v) is 10.5. The van der Waals surface area contributed by atoms with E-state index in [9.17, 15) is 0 Å². The first-order valence-electron chi connectivity index (χ1n) is 18.1. The van der Waals surface area contributed by atoms with Gasteiger partial charge >= 0.3 is 30.2 Å². The second-order valence-corrected chi connectivity index (χ2v) is 13.5. The molecule has 10 rings (SSSR count). The summed E-state index contributed by atoms with van der Waals surface area (Å²) in [5.41, 5.74) is 8.12. The molecule has 0 aliphatic heterocycles. The summed E-state index contributed by atoms with van der Waals surface area (Å²) in [5.74, 6) is 0. The first kappa shape index (κ1) is 38.8. The zero-order valence-electron chi connectivity index (χ0n) is 31.6. The van der Waals surface area contributed by atoms with Crippen LogP contribution in [-0.2, 0) is 36.2 Å². The van der Waals surface area contributed by atoms with Crippen LogP contribution in [0.2, 0.25) is 0 Å². The van der Waals surface area contributed by atoms with Gasteiger partial charge in [0.05, 0.1) is 0 Å². The summed E-state index contributed by atoms with van der Waals surface area (Å²) in [6, 6.07) is 62.4. The van der Waals surface area contributed by atoms with E-state index in [2.05, 4.69) is 191 Å². The Hall–Kier alpha value is -4.88. The molecule has 0 saturated carbocycles. The van der Waals surface area contributed by atoms with Crippen molar-refractivity contribution in [3.8, 4) is 22.3 Å². The molecule has 264 valence electrons. The van der Waals surface area contributed by atoms with Crippen molar-refractivity contribution in [3.63, 3.8) is 0 Å². The zero-order chi connectivity index (χ0) is 35.6. The summed E-state index contributed by atoms with van der Waals surface area (Å²) in [6.45, 7) is 7.52. The first-order chi connectivity index (χ1) is 25.7. The quantitative estimate of drug-likeness (QED) is 0.0947. The Kier molecular flexibility index (Phi) is 12.3. The van der Waals surface area contributed by atoms with Crippen molar-refractivity contribution in [1.29, 1.82) is 0 Å².